The number of fused-ring (bicyclic) bond motifs is 3. The molecule has 156 valence electrons. The molecule has 1 unspecified atom stereocenters. The molecule has 4 aromatic rings. The Kier molecular flexibility index (Phi) is 3.57. The zero-order valence-corrected chi connectivity index (χ0v) is 17.3. The van der Waals surface area contributed by atoms with E-state index < -0.39 is 0 Å². The van der Waals surface area contributed by atoms with Crippen LogP contribution in [0.15, 0.2) is 29.6 Å². The number of rotatable bonds is 4. The fraction of sp³-hybridized carbons (Fsp3) is 0.429. The highest BCUT2D eigenvalue weighted by atomic mass is 16.2. The van der Waals surface area contributed by atoms with Crippen molar-refractivity contribution in [3.63, 3.8) is 0 Å². The van der Waals surface area contributed by atoms with E-state index in [-0.39, 0.29) is 11.2 Å². The van der Waals surface area contributed by atoms with Gasteiger partial charge in [0.1, 0.15) is 11.8 Å². The van der Waals surface area contributed by atoms with Crippen molar-refractivity contribution >= 4 is 28.4 Å². The molecule has 10 nitrogen and oxygen atoms in total. The summed E-state index contributed by atoms with van der Waals surface area (Å²) in [5.41, 5.74) is 3.62. The minimum Gasteiger partial charge on any atom is -0.323 e. The molecule has 10 heteroatoms. The van der Waals surface area contributed by atoms with E-state index in [1.165, 1.54) is 6.33 Å². The van der Waals surface area contributed by atoms with Crippen LogP contribution >= 0.6 is 0 Å². The maximum absolute atomic E-state index is 13.2. The standard InChI is InChI=1S/C21H21N9O/c1-12-5-17-24-11-25-29(17)10-15(12)26-19-23-9-16-18(27-19)30(20(31)28(16)2)21-6-13(3-4-22)14(7-21)8-21/h5,9-11,13-14H,3,6-8H2,1-2H3,(H,23,26,27). The van der Waals surface area contributed by atoms with E-state index >= 15 is 0 Å². The number of pyridine rings is 1. The summed E-state index contributed by atoms with van der Waals surface area (Å²) in [6.45, 7) is 1.98. The zero-order chi connectivity index (χ0) is 21.3. The van der Waals surface area contributed by atoms with Crippen LogP contribution in [-0.2, 0) is 12.6 Å². The van der Waals surface area contributed by atoms with Crippen molar-refractivity contribution in [3.8, 4) is 6.07 Å². The van der Waals surface area contributed by atoms with Crippen molar-refractivity contribution in [2.75, 3.05) is 5.32 Å². The molecule has 0 spiro atoms. The van der Waals surface area contributed by atoms with Crippen molar-refractivity contribution in [2.45, 2.75) is 38.1 Å². The Morgan fingerprint density at radius 2 is 2.16 bits per heavy atom. The fourth-order valence-electron chi connectivity index (χ4n) is 5.51. The van der Waals surface area contributed by atoms with Gasteiger partial charge in [0.15, 0.2) is 11.3 Å². The second-order valence-electron chi connectivity index (χ2n) is 8.86. The minimum atomic E-state index is -0.232. The molecule has 3 fully saturated rings. The highest BCUT2D eigenvalue weighted by molar-refractivity contribution is 5.73. The van der Waals surface area contributed by atoms with E-state index in [0.29, 0.717) is 35.4 Å². The van der Waals surface area contributed by atoms with Gasteiger partial charge in [-0.05, 0) is 49.7 Å². The first kappa shape index (κ1) is 18.1. The van der Waals surface area contributed by atoms with Crippen LogP contribution in [0.4, 0.5) is 11.6 Å². The first-order valence-corrected chi connectivity index (χ1v) is 10.4. The maximum Gasteiger partial charge on any atom is 0.330 e. The van der Waals surface area contributed by atoms with Crippen molar-refractivity contribution in [1.29, 1.82) is 5.26 Å². The highest BCUT2D eigenvalue weighted by Gasteiger charge is 2.58. The first-order valence-electron chi connectivity index (χ1n) is 10.4. The molecule has 1 atom stereocenters. The zero-order valence-electron chi connectivity index (χ0n) is 17.3. The first-order chi connectivity index (χ1) is 15.0. The predicted molar refractivity (Wildman–Crippen MR) is 113 cm³/mol. The third kappa shape index (κ3) is 2.46. The number of aryl methyl sites for hydroxylation is 2. The molecule has 4 aromatic heterocycles. The maximum atomic E-state index is 13.2. The van der Waals surface area contributed by atoms with Crippen LogP contribution in [0.1, 0.15) is 31.2 Å². The van der Waals surface area contributed by atoms with Crippen LogP contribution in [0.5, 0.6) is 0 Å². The molecule has 4 heterocycles. The van der Waals surface area contributed by atoms with Crippen LogP contribution in [0.25, 0.3) is 16.8 Å². The summed E-state index contributed by atoms with van der Waals surface area (Å²) in [4.78, 5) is 26.6. The lowest BCUT2D eigenvalue weighted by Crippen LogP contribution is -2.45. The van der Waals surface area contributed by atoms with Crippen molar-refractivity contribution in [1.82, 2.24) is 33.7 Å². The summed E-state index contributed by atoms with van der Waals surface area (Å²) < 4.78 is 5.16. The quantitative estimate of drug-likeness (QED) is 0.543. The average molecular weight is 415 g/mol. The van der Waals surface area contributed by atoms with Crippen molar-refractivity contribution in [3.05, 3.63) is 40.8 Å². The molecule has 3 aliphatic carbocycles. The van der Waals surface area contributed by atoms with Gasteiger partial charge in [-0.1, -0.05) is 0 Å². The molecule has 0 aliphatic heterocycles. The molecule has 1 N–H and O–H groups in total. The number of imidazole rings is 1. The molecule has 0 amide bonds. The van der Waals surface area contributed by atoms with Crippen LogP contribution in [0.2, 0.25) is 0 Å². The van der Waals surface area contributed by atoms with Crippen LogP contribution in [0.3, 0.4) is 0 Å². The number of hydrogen-bond acceptors (Lipinski definition) is 7. The molecule has 31 heavy (non-hydrogen) atoms. The van der Waals surface area contributed by atoms with Gasteiger partial charge in [0.2, 0.25) is 5.95 Å². The summed E-state index contributed by atoms with van der Waals surface area (Å²) in [5, 5.41) is 16.6. The topological polar surface area (TPSA) is 119 Å². The monoisotopic (exact) mass is 415 g/mol. The smallest absolute Gasteiger partial charge is 0.323 e. The Labute approximate surface area is 177 Å². The summed E-state index contributed by atoms with van der Waals surface area (Å²) in [6, 6.07) is 4.24. The molecular weight excluding hydrogens is 394 g/mol. The third-order valence-electron chi connectivity index (χ3n) is 7.09. The van der Waals surface area contributed by atoms with Crippen LogP contribution in [-0.4, -0.2) is 33.7 Å². The second-order valence-corrected chi connectivity index (χ2v) is 8.86. The van der Waals surface area contributed by atoms with Gasteiger partial charge in [-0.25, -0.2) is 19.3 Å². The number of nitriles is 1. The lowest BCUT2D eigenvalue weighted by Gasteiger charge is -2.39. The van der Waals surface area contributed by atoms with Crippen LogP contribution in [0, 0.1) is 30.1 Å². The van der Waals surface area contributed by atoms with E-state index in [9.17, 15) is 4.79 Å². The normalized spacial score (nSPS) is 24.4. The largest absolute Gasteiger partial charge is 0.330 e. The van der Waals surface area contributed by atoms with E-state index in [4.69, 9.17) is 10.2 Å². The van der Waals surface area contributed by atoms with Crippen molar-refractivity contribution < 1.29 is 0 Å². The van der Waals surface area contributed by atoms with Gasteiger partial charge >= 0.3 is 5.69 Å². The van der Waals surface area contributed by atoms with E-state index in [1.807, 2.05) is 23.8 Å². The summed E-state index contributed by atoms with van der Waals surface area (Å²) in [6.07, 6.45) is 8.34. The minimum absolute atomic E-state index is 0.0716. The SMILES string of the molecule is Cc1cc2ncnn2cc1Nc1ncc2c(n1)n(C13CC(CC#N)C(C1)C3)c(=O)n2C. The Hall–Kier alpha value is -3.74. The lowest BCUT2D eigenvalue weighted by molar-refractivity contribution is 0.146. The third-order valence-corrected chi connectivity index (χ3v) is 7.09. The Morgan fingerprint density at radius 1 is 1.32 bits per heavy atom. The number of anilines is 2. The van der Waals surface area contributed by atoms with Gasteiger partial charge in [0.25, 0.3) is 0 Å². The molecule has 3 saturated carbocycles. The van der Waals surface area contributed by atoms with E-state index in [0.717, 1.165) is 36.2 Å². The Balaban J connectivity index is 1.43. The highest BCUT2D eigenvalue weighted by Crippen LogP contribution is 2.61. The van der Waals surface area contributed by atoms with Gasteiger partial charge in [-0.15, -0.1) is 0 Å². The molecule has 7 rings (SSSR count). The van der Waals surface area contributed by atoms with Gasteiger partial charge in [-0.2, -0.15) is 15.3 Å². The molecule has 0 saturated heterocycles. The Bertz CT molecular complexity index is 1450. The summed E-state index contributed by atoms with van der Waals surface area (Å²) in [7, 11) is 1.76. The molecule has 2 bridgehead atoms. The van der Waals surface area contributed by atoms with Crippen LogP contribution < -0.4 is 11.0 Å². The number of nitrogens with zero attached hydrogens (tertiary/aromatic N) is 8. The molecule has 3 aliphatic rings. The number of nitrogens with one attached hydrogen (secondary N) is 1. The summed E-state index contributed by atoms with van der Waals surface area (Å²) in [5.74, 6) is 1.32. The van der Waals surface area contributed by atoms with E-state index in [1.54, 1.807) is 22.3 Å². The van der Waals surface area contributed by atoms with E-state index in [2.05, 4.69) is 26.5 Å². The molecular formula is C21H21N9O. The molecule has 0 radical (unpaired) electrons. The fourth-order valence-corrected chi connectivity index (χ4v) is 5.51. The van der Waals surface area contributed by atoms with Gasteiger partial charge in [0, 0.05) is 13.5 Å². The van der Waals surface area contributed by atoms with Gasteiger partial charge < -0.3 is 5.32 Å². The Morgan fingerprint density at radius 3 is 2.97 bits per heavy atom. The average Bonchev–Trinajstić information content (AvgIpc) is 3.45. The number of aromatic nitrogens is 7. The summed E-state index contributed by atoms with van der Waals surface area (Å²) >= 11 is 0. The second kappa shape index (κ2) is 6.14. The predicted octanol–water partition coefficient (Wildman–Crippen LogP) is 2.26. The van der Waals surface area contributed by atoms with Gasteiger partial charge in [0.05, 0.1) is 29.7 Å². The van der Waals surface area contributed by atoms with Gasteiger partial charge in [-0.3, -0.25) is 9.13 Å². The lowest BCUT2D eigenvalue weighted by atomic mass is 9.75. The number of hydrogen-bond donors (Lipinski definition) is 1. The van der Waals surface area contributed by atoms with Crippen molar-refractivity contribution in [2.24, 2.45) is 18.9 Å². The molecule has 0 aromatic carbocycles.